The normalized spacial score (nSPS) is 15.7. The van der Waals surface area contributed by atoms with Crippen molar-refractivity contribution in [2.24, 2.45) is 5.73 Å². The molecule has 0 aliphatic carbocycles. The lowest BCUT2D eigenvalue weighted by Gasteiger charge is -2.31. The summed E-state index contributed by atoms with van der Waals surface area (Å²) in [7, 11) is -1.07. The summed E-state index contributed by atoms with van der Waals surface area (Å²) in [6, 6.07) is 3.77. The molecule has 0 saturated carbocycles. The molecule has 1 heterocycles. The molecular formula is C12H21ClN2O2S2. The molecule has 7 heteroatoms. The molecule has 4 nitrogen and oxygen atoms in total. The molecule has 0 amide bonds. The summed E-state index contributed by atoms with van der Waals surface area (Å²) >= 11 is 7.47. The highest BCUT2D eigenvalue weighted by molar-refractivity contribution is 7.90. The van der Waals surface area contributed by atoms with Crippen molar-refractivity contribution >= 4 is 32.8 Å². The average molecular weight is 325 g/mol. The van der Waals surface area contributed by atoms with E-state index >= 15 is 0 Å². The molecule has 110 valence electrons. The van der Waals surface area contributed by atoms with Gasteiger partial charge in [-0.15, -0.1) is 11.3 Å². The molecule has 2 atom stereocenters. The zero-order valence-electron chi connectivity index (χ0n) is 11.5. The topological polar surface area (TPSA) is 63.4 Å². The van der Waals surface area contributed by atoms with Crippen LogP contribution in [-0.4, -0.2) is 45.0 Å². The predicted molar refractivity (Wildman–Crippen MR) is 82.7 cm³/mol. The molecule has 19 heavy (non-hydrogen) atoms. The van der Waals surface area contributed by atoms with E-state index in [9.17, 15) is 8.42 Å². The van der Waals surface area contributed by atoms with E-state index in [0.29, 0.717) is 6.54 Å². The van der Waals surface area contributed by atoms with Gasteiger partial charge < -0.3 is 5.73 Å². The quantitative estimate of drug-likeness (QED) is 0.834. The average Bonchev–Trinajstić information content (AvgIpc) is 2.72. The van der Waals surface area contributed by atoms with Crippen molar-refractivity contribution in [2.75, 3.05) is 25.6 Å². The minimum atomic E-state index is -2.97. The van der Waals surface area contributed by atoms with Crippen LogP contribution in [-0.2, 0) is 9.84 Å². The third-order valence-electron chi connectivity index (χ3n) is 3.05. The maximum Gasteiger partial charge on any atom is 0.148 e. The number of likely N-dealkylation sites (N-methyl/N-ethyl adjacent to an activating group) is 1. The lowest BCUT2D eigenvalue weighted by Crippen LogP contribution is -2.40. The summed E-state index contributed by atoms with van der Waals surface area (Å²) in [5, 5.41) is 0. The number of hydrogen-bond donors (Lipinski definition) is 1. The molecule has 0 aromatic carbocycles. The Morgan fingerprint density at radius 1 is 1.47 bits per heavy atom. The molecule has 2 N–H and O–H groups in total. The Morgan fingerprint density at radius 2 is 2.11 bits per heavy atom. The van der Waals surface area contributed by atoms with Crippen LogP contribution in [0, 0.1) is 0 Å². The zero-order valence-corrected chi connectivity index (χ0v) is 13.9. The van der Waals surface area contributed by atoms with Crippen LogP contribution in [0.15, 0.2) is 12.1 Å². The number of nitrogens with zero attached hydrogens (tertiary/aromatic N) is 1. The summed E-state index contributed by atoms with van der Waals surface area (Å²) in [5.74, 6) is 0.134. The lowest BCUT2D eigenvalue weighted by molar-refractivity contribution is 0.224. The number of halogens is 1. The van der Waals surface area contributed by atoms with Gasteiger partial charge in [0.05, 0.1) is 16.1 Å². The van der Waals surface area contributed by atoms with Gasteiger partial charge in [0.15, 0.2) is 0 Å². The highest BCUT2D eigenvalue weighted by atomic mass is 35.5. The molecule has 2 unspecified atom stereocenters. The molecule has 1 aromatic rings. The van der Waals surface area contributed by atoms with Crippen molar-refractivity contribution in [1.29, 1.82) is 0 Å². The molecular weight excluding hydrogens is 304 g/mol. The molecule has 0 bridgehead atoms. The van der Waals surface area contributed by atoms with Crippen LogP contribution in [0.2, 0.25) is 4.34 Å². The van der Waals surface area contributed by atoms with E-state index in [1.54, 1.807) is 0 Å². The summed E-state index contributed by atoms with van der Waals surface area (Å²) in [6.45, 7) is 2.49. The van der Waals surface area contributed by atoms with Gasteiger partial charge in [0, 0.05) is 23.7 Å². The maximum absolute atomic E-state index is 11.3. The summed E-state index contributed by atoms with van der Waals surface area (Å²) in [4.78, 5) is 3.08. The van der Waals surface area contributed by atoms with Crippen LogP contribution in [0.3, 0.4) is 0 Å². The van der Waals surface area contributed by atoms with Crippen molar-refractivity contribution in [3.8, 4) is 0 Å². The van der Waals surface area contributed by atoms with E-state index in [0.717, 1.165) is 15.6 Å². The Morgan fingerprint density at radius 3 is 2.53 bits per heavy atom. The molecule has 0 radical (unpaired) electrons. The van der Waals surface area contributed by atoms with Gasteiger partial charge >= 0.3 is 0 Å². The minimum absolute atomic E-state index is 0.00394. The van der Waals surface area contributed by atoms with E-state index in [4.69, 9.17) is 17.3 Å². The number of hydrogen-bond acceptors (Lipinski definition) is 5. The van der Waals surface area contributed by atoms with Gasteiger partial charge in [-0.05, 0) is 25.6 Å². The van der Waals surface area contributed by atoms with Gasteiger partial charge in [0.2, 0.25) is 0 Å². The Bertz CT molecular complexity index is 502. The Labute approximate surface area is 124 Å². The number of sulfone groups is 1. The molecule has 0 aliphatic heterocycles. The summed E-state index contributed by atoms with van der Waals surface area (Å²) in [5.41, 5.74) is 6.17. The maximum atomic E-state index is 11.3. The first kappa shape index (κ1) is 16.9. The fourth-order valence-corrected chi connectivity index (χ4v) is 3.84. The fourth-order valence-electron chi connectivity index (χ4n) is 1.91. The third kappa shape index (κ3) is 5.39. The van der Waals surface area contributed by atoms with Crippen molar-refractivity contribution in [1.82, 2.24) is 4.90 Å². The second kappa shape index (κ2) is 7.04. The largest absolute Gasteiger partial charge is 0.326 e. The predicted octanol–water partition coefficient (Wildman–Crippen LogP) is 2.16. The van der Waals surface area contributed by atoms with Crippen LogP contribution in [0.1, 0.15) is 24.3 Å². The second-order valence-electron chi connectivity index (χ2n) is 4.77. The fraction of sp³-hybridized carbons (Fsp3) is 0.667. The van der Waals surface area contributed by atoms with E-state index in [1.807, 2.05) is 31.0 Å². The number of rotatable bonds is 7. The Balaban J connectivity index is 2.85. The monoisotopic (exact) mass is 324 g/mol. The van der Waals surface area contributed by atoms with Gasteiger partial charge in [0.1, 0.15) is 9.84 Å². The van der Waals surface area contributed by atoms with Crippen LogP contribution in [0.25, 0.3) is 0 Å². The van der Waals surface area contributed by atoms with Crippen molar-refractivity contribution in [2.45, 2.75) is 25.4 Å². The zero-order chi connectivity index (χ0) is 14.6. The highest BCUT2D eigenvalue weighted by Crippen LogP contribution is 2.32. The van der Waals surface area contributed by atoms with Crippen molar-refractivity contribution in [3.05, 3.63) is 21.3 Å². The van der Waals surface area contributed by atoms with Crippen molar-refractivity contribution in [3.63, 3.8) is 0 Å². The molecule has 1 rings (SSSR count). The summed E-state index contributed by atoms with van der Waals surface area (Å²) in [6.07, 6.45) is 2.07. The van der Waals surface area contributed by atoms with Gasteiger partial charge in [-0.3, -0.25) is 4.90 Å². The molecule has 0 saturated heterocycles. The first-order chi connectivity index (χ1) is 8.74. The van der Waals surface area contributed by atoms with Crippen LogP contribution in [0.5, 0.6) is 0 Å². The highest BCUT2D eigenvalue weighted by Gasteiger charge is 2.25. The van der Waals surface area contributed by atoms with E-state index in [1.165, 1.54) is 17.6 Å². The minimum Gasteiger partial charge on any atom is -0.326 e. The van der Waals surface area contributed by atoms with E-state index in [2.05, 4.69) is 0 Å². The molecule has 0 spiro atoms. The first-order valence-corrected chi connectivity index (χ1v) is 9.39. The first-order valence-electron chi connectivity index (χ1n) is 6.13. The molecule has 0 fully saturated rings. The Hall–Kier alpha value is -0.140. The van der Waals surface area contributed by atoms with E-state index in [-0.39, 0.29) is 17.8 Å². The number of nitrogens with two attached hydrogens (primary N) is 1. The van der Waals surface area contributed by atoms with Gasteiger partial charge in [-0.25, -0.2) is 8.42 Å². The SMILES string of the molecule is CCC(N)C(c1ccc(Cl)s1)N(C)CCS(C)(=O)=O. The number of thiophene rings is 1. The molecule has 0 aliphatic rings. The van der Waals surface area contributed by atoms with Crippen molar-refractivity contribution < 1.29 is 8.42 Å². The third-order valence-corrected chi connectivity index (χ3v) is 5.28. The lowest BCUT2D eigenvalue weighted by atomic mass is 10.0. The Kier molecular flexibility index (Phi) is 6.26. The van der Waals surface area contributed by atoms with Crippen LogP contribution < -0.4 is 5.73 Å². The van der Waals surface area contributed by atoms with Crippen LogP contribution >= 0.6 is 22.9 Å². The standard InChI is InChI=1S/C12H21ClN2O2S2/c1-4-9(14)12(10-5-6-11(13)18-10)15(2)7-8-19(3,16)17/h5-6,9,12H,4,7-8,14H2,1-3H3. The van der Waals surface area contributed by atoms with Crippen LogP contribution in [0.4, 0.5) is 0 Å². The second-order valence-corrected chi connectivity index (χ2v) is 8.78. The van der Waals surface area contributed by atoms with Gasteiger partial charge in [-0.2, -0.15) is 0 Å². The molecule has 1 aromatic heterocycles. The summed E-state index contributed by atoms with van der Waals surface area (Å²) < 4.78 is 23.2. The smallest absolute Gasteiger partial charge is 0.148 e. The van der Waals surface area contributed by atoms with E-state index < -0.39 is 9.84 Å². The van der Waals surface area contributed by atoms with Gasteiger partial charge in [0.25, 0.3) is 0 Å². The van der Waals surface area contributed by atoms with Gasteiger partial charge in [-0.1, -0.05) is 18.5 Å².